The number of carbonyl (C=O) groups excluding carboxylic acids is 1. The van der Waals surface area contributed by atoms with Crippen molar-refractivity contribution in [2.24, 2.45) is 0 Å². The van der Waals surface area contributed by atoms with E-state index in [0.717, 1.165) is 6.07 Å². The fraction of sp³-hybridized carbons (Fsp3) is 0. The molecule has 0 unspecified atom stereocenters. The van der Waals surface area contributed by atoms with Crippen molar-refractivity contribution in [2.75, 3.05) is 11.1 Å². The van der Waals surface area contributed by atoms with Crippen LogP contribution in [0.4, 0.5) is 15.9 Å². The molecule has 0 bridgehead atoms. The molecule has 0 aliphatic heterocycles. The van der Waals surface area contributed by atoms with Gasteiger partial charge in [-0.15, -0.1) is 0 Å². The number of hydrogen-bond donors (Lipinski definition) is 2. The van der Waals surface area contributed by atoms with E-state index in [1.165, 1.54) is 12.1 Å². The highest BCUT2D eigenvalue weighted by Crippen LogP contribution is 2.20. The summed E-state index contributed by atoms with van der Waals surface area (Å²) in [5.41, 5.74) is 5.47. The Morgan fingerprint density at radius 3 is 2.82 bits per heavy atom. The molecule has 2 aromatic rings. The van der Waals surface area contributed by atoms with Crippen LogP contribution in [0.3, 0.4) is 0 Å². The molecule has 17 heavy (non-hydrogen) atoms. The molecule has 1 heterocycles. The van der Waals surface area contributed by atoms with Crippen molar-refractivity contribution in [3.05, 3.63) is 34.2 Å². The van der Waals surface area contributed by atoms with E-state index in [1.54, 1.807) is 0 Å². The fourth-order valence-electron chi connectivity index (χ4n) is 1.12. The van der Waals surface area contributed by atoms with Gasteiger partial charge in [0.1, 0.15) is 5.82 Å². The molecule has 2 rings (SSSR count). The van der Waals surface area contributed by atoms with Crippen molar-refractivity contribution in [3.8, 4) is 0 Å². The lowest BCUT2D eigenvalue weighted by Crippen LogP contribution is -2.14. The van der Waals surface area contributed by atoms with Crippen LogP contribution < -0.4 is 11.1 Å². The van der Waals surface area contributed by atoms with Gasteiger partial charge in [-0.3, -0.25) is 4.79 Å². The maximum Gasteiger partial charge on any atom is 0.281 e. The molecule has 1 aromatic heterocycles. The summed E-state index contributed by atoms with van der Waals surface area (Å²) in [6.45, 7) is 0. The molecule has 0 aliphatic rings. The number of nitrogens with zero attached hydrogens (tertiary/aromatic N) is 2. The van der Waals surface area contributed by atoms with Gasteiger partial charge in [0.05, 0.1) is 4.47 Å². The summed E-state index contributed by atoms with van der Waals surface area (Å²) in [6.07, 6.45) is 0. The van der Waals surface area contributed by atoms with E-state index < -0.39 is 11.7 Å². The van der Waals surface area contributed by atoms with Crippen LogP contribution in [0, 0.1) is 5.82 Å². The summed E-state index contributed by atoms with van der Waals surface area (Å²) in [4.78, 5) is 11.6. The Labute approximate surface area is 103 Å². The Hall–Kier alpha value is -1.96. The van der Waals surface area contributed by atoms with E-state index in [2.05, 4.69) is 36.2 Å². The summed E-state index contributed by atoms with van der Waals surface area (Å²) in [7, 11) is 0. The Bertz CT molecular complexity index is 572. The topological polar surface area (TPSA) is 94.0 Å². The van der Waals surface area contributed by atoms with Gasteiger partial charge in [-0.2, -0.15) is 0 Å². The summed E-state index contributed by atoms with van der Waals surface area (Å²) in [5.74, 6) is -1.24. The molecule has 8 heteroatoms. The minimum atomic E-state index is -0.620. The number of hydrogen-bond acceptors (Lipinski definition) is 5. The van der Waals surface area contributed by atoms with Gasteiger partial charge in [0, 0.05) is 5.69 Å². The zero-order chi connectivity index (χ0) is 12.4. The number of benzene rings is 1. The fourth-order valence-corrected chi connectivity index (χ4v) is 1.36. The van der Waals surface area contributed by atoms with Gasteiger partial charge in [0.15, 0.2) is 0 Å². The first-order valence-corrected chi connectivity index (χ1v) is 5.21. The van der Waals surface area contributed by atoms with Gasteiger partial charge in [-0.1, -0.05) is 0 Å². The molecule has 0 fully saturated rings. The lowest BCUT2D eigenvalue weighted by Gasteiger charge is -2.03. The molecule has 0 aliphatic carbocycles. The smallest absolute Gasteiger partial charge is 0.281 e. The molecule has 3 N–H and O–H groups in total. The Balaban J connectivity index is 2.19. The van der Waals surface area contributed by atoms with Crippen molar-refractivity contribution in [2.45, 2.75) is 0 Å². The van der Waals surface area contributed by atoms with Crippen LogP contribution in [0.15, 0.2) is 27.3 Å². The van der Waals surface area contributed by atoms with Crippen LogP contribution in [0.2, 0.25) is 0 Å². The van der Waals surface area contributed by atoms with Crippen molar-refractivity contribution in [3.63, 3.8) is 0 Å². The molecule has 0 spiro atoms. The van der Waals surface area contributed by atoms with Gasteiger partial charge in [-0.05, 0) is 44.4 Å². The van der Waals surface area contributed by atoms with Crippen LogP contribution in [-0.4, -0.2) is 16.2 Å². The third-order valence-corrected chi connectivity index (χ3v) is 2.55. The minimum absolute atomic E-state index is 0.125. The van der Waals surface area contributed by atoms with Crippen molar-refractivity contribution in [1.82, 2.24) is 10.3 Å². The van der Waals surface area contributed by atoms with E-state index in [9.17, 15) is 9.18 Å². The second-order valence-corrected chi connectivity index (χ2v) is 3.94. The highest BCUT2D eigenvalue weighted by atomic mass is 79.9. The van der Waals surface area contributed by atoms with E-state index in [4.69, 9.17) is 5.73 Å². The van der Waals surface area contributed by atoms with Crippen LogP contribution in [0.1, 0.15) is 10.5 Å². The van der Waals surface area contributed by atoms with Gasteiger partial charge in [-0.25, -0.2) is 9.02 Å². The second-order valence-electron chi connectivity index (χ2n) is 3.08. The number of anilines is 2. The number of amides is 1. The molecule has 1 aromatic carbocycles. The van der Waals surface area contributed by atoms with Crippen LogP contribution in [0.25, 0.3) is 0 Å². The number of aromatic nitrogens is 2. The monoisotopic (exact) mass is 300 g/mol. The Morgan fingerprint density at radius 1 is 1.47 bits per heavy atom. The Morgan fingerprint density at radius 2 is 2.24 bits per heavy atom. The van der Waals surface area contributed by atoms with E-state index in [0.29, 0.717) is 4.47 Å². The maximum absolute atomic E-state index is 13.2. The van der Waals surface area contributed by atoms with Crippen LogP contribution >= 0.6 is 15.9 Å². The van der Waals surface area contributed by atoms with Crippen LogP contribution in [0.5, 0.6) is 0 Å². The highest BCUT2D eigenvalue weighted by molar-refractivity contribution is 9.10. The molecule has 88 valence electrons. The molecule has 1 amide bonds. The van der Waals surface area contributed by atoms with E-state index >= 15 is 0 Å². The standard InChI is InChI=1S/C9H6BrFN4O2/c10-5-2-1-4(3-6(5)11)13-9(16)7-8(12)15-17-14-7/h1-3H,(H2,12,15)(H,13,16). The minimum Gasteiger partial charge on any atom is -0.379 e. The first kappa shape index (κ1) is 11.5. The van der Waals surface area contributed by atoms with Crippen LogP contribution in [-0.2, 0) is 0 Å². The molecular formula is C9H6BrFN4O2. The number of nitrogens with one attached hydrogen (secondary N) is 1. The summed E-state index contributed by atoms with van der Waals surface area (Å²) >= 11 is 3.00. The molecular weight excluding hydrogens is 295 g/mol. The first-order chi connectivity index (χ1) is 8.08. The van der Waals surface area contributed by atoms with Crippen molar-refractivity contribution < 1.29 is 13.8 Å². The normalized spacial score (nSPS) is 10.2. The summed E-state index contributed by atoms with van der Waals surface area (Å²) in [6, 6.07) is 4.15. The second kappa shape index (κ2) is 4.50. The highest BCUT2D eigenvalue weighted by Gasteiger charge is 2.16. The number of carbonyl (C=O) groups is 1. The third-order valence-electron chi connectivity index (χ3n) is 1.91. The predicted octanol–water partition coefficient (Wildman–Crippen LogP) is 1.81. The number of halogens is 2. The largest absolute Gasteiger partial charge is 0.379 e. The average Bonchev–Trinajstić information content (AvgIpc) is 2.70. The Kier molecular flexibility index (Phi) is 3.05. The molecule has 6 nitrogen and oxygen atoms in total. The summed E-state index contributed by atoms with van der Waals surface area (Å²) in [5, 5.41) is 9.00. The lowest BCUT2D eigenvalue weighted by molar-refractivity contribution is 0.101. The zero-order valence-corrected chi connectivity index (χ0v) is 9.86. The number of nitrogen functional groups attached to an aromatic ring is 1. The summed E-state index contributed by atoms with van der Waals surface area (Å²) < 4.78 is 17.8. The van der Waals surface area contributed by atoms with Gasteiger partial charge in [0.2, 0.25) is 11.5 Å². The quantitative estimate of drug-likeness (QED) is 0.882. The van der Waals surface area contributed by atoms with Gasteiger partial charge >= 0.3 is 0 Å². The molecule has 0 atom stereocenters. The first-order valence-electron chi connectivity index (χ1n) is 4.42. The van der Waals surface area contributed by atoms with E-state index in [-0.39, 0.29) is 17.2 Å². The molecule has 0 saturated carbocycles. The van der Waals surface area contributed by atoms with Gasteiger partial charge < -0.3 is 11.1 Å². The SMILES string of the molecule is Nc1nonc1C(=O)Nc1ccc(Br)c(F)c1. The maximum atomic E-state index is 13.2. The number of rotatable bonds is 2. The van der Waals surface area contributed by atoms with Gasteiger partial charge in [0.25, 0.3) is 5.91 Å². The molecule has 0 radical (unpaired) electrons. The average molecular weight is 301 g/mol. The van der Waals surface area contributed by atoms with Crippen molar-refractivity contribution >= 4 is 33.3 Å². The predicted molar refractivity (Wildman–Crippen MR) is 60.8 cm³/mol. The lowest BCUT2D eigenvalue weighted by atomic mass is 10.3. The molecule has 0 saturated heterocycles. The van der Waals surface area contributed by atoms with Crippen molar-refractivity contribution in [1.29, 1.82) is 0 Å². The third kappa shape index (κ3) is 2.41. The number of nitrogens with two attached hydrogens (primary N) is 1. The van der Waals surface area contributed by atoms with E-state index in [1.807, 2.05) is 0 Å². The zero-order valence-electron chi connectivity index (χ0n) is 8.28.